The fraction of sp³-hybridized carbons (Fsp3) is 0.900. The van der Waals surface area contributed by atoms with Gasteiger partial charge in [-0.3, -0.25) is 4.79 Å². The molecule has 0 aliphatic carbocycles. The Morgan fingerprint density at radius 2 is 2.00 bits per heavy atom. The smallest absolute Gasteiger partial charge is 0.326 e. The molecule has 0 aromatic carbocycles. The molecule has 0 rings (SSSR count). The van der Waals surface area contributed by atoms with E-state index in [9.17, 15) is 4.79 Å². The van der Waals surface area contributed by atoms with E-state index in [2.05, 4.69) is 0 Å². The van der Waals surface area contributed by atoms with Gasteiger partial charge in [0.2, 0.25) is 0 Å². The third-order valence-electron chi connectivity index (χ3n) is 1.49. The summed E-state index contributed by atoms with van der Waals surface area (Å²) >= 11 is 5.75. The van der Waals surface area contributed by atoms with Gasteiger partial charge in [0.05, 0.1) is 5.60 Å². The van der Waals surface area contributed by atoms with E-state index in [1.165, 1.54) is 0 Å². The number of rotatable bonds is 5. The predicted molar refractivity (Wildman–Crippen MR) is 56.3 cm³/mol. The van der Waals surface area contributed by atoms with Crippen molar-refractivity contribution in [3.05, 3.63) is 0 Å². The molecule has 0 aromatic rings. The highest BCUT2D eigenvalue weighted by molar-refractivity contribution is 6.29. The largest absolute Gasteiger partial charge is 0.437 e. The molecule has 0 aromatic heterocycles. The molecule has 0 heterocycles. The van der Waals surface area contributed by atoms with Crippen molar-refractivity contribution >= 4 is 17.6 Å². The van der Waals surface area contributed by atoms with Crippen molar-refractivity contribution in [2.24, 2.45) is 0 Å². The number of carbonyl (C=O) groups is 1. The number of carbonyl (C=O) groups excluding carboxylic acids is 1. The quantitative estimate of drug-likeness (QED) is 0.408. The molecule has 0 amide bonds. The van der Waals surface area contributed by atoms with Crippen molar-refractivity contribution in [3.63, 3.8) is 0 Å². The maximum absolute atomic E-state index is 11.2. The van der Waals surface area contributed by atoms with Crippen LogP contribution in [0.15, 0.2) is 0 Å². The van der Waals surface area contributed by atoms with Gasteiger partial charge in [0.25, 0.3) is 0 Å². The zero-order chi connectivity index (χ0) is 11.2. The molecule has 0 aliphatic heterocycles. The molecule has 0 N–H and O–H groups in total. The third-order valence-corrected chi connectivity index (χ3v) is 1.89. The second-order valence-corrected chi connectivity index (χ2v) is 4.62. The van der Waals surface area contributed by atoms with Crippen molar-refractivity contribution in [1.82, 2.24) is 0 Å². The lowest BCUT2D eigenvalue weighted by molar-refractivity contribution is -0.166. The van der Waals surface area contributed by atoms with E-state index in [0.717, 1.165) is 6.42 Å². The Kier molecular flexibility index (Phi) is 6.12. The van der Waals surface area contributed by atoms with E-state index in [4.69, 9.17) is 21.1 Å². The average molecular weight is 223 g/mol. The fourth-order valence-electron chi connectivity index (χ4n) is 0.726. The van der Waals surface area contributed by atoms with Gasteiger partial charge in [-0.25, -0.2) is 0 Å². The van der Waals surface area contributed by atoms with Gasteiger partial charge < -0.3 is 9.47 Å². The Morgan fingerprint density at radius 3 is 2.43 bits per heavy atom. The molecular formula is C10H19ClO3. The molecule has 1 atom stereocenters. The molecule has 14 heavy (non-hydrogen) atoms. The first-order valence-corrected chi connectivity index (χ1v) is 5.25. The molecule has 0 radical (unpaired) electrons. The Hall–Kier alpha value is -0.280. The van der Waals surface area contributed by atoms with Crippen LogP contribution >= 0.6 is 11.6 Å². The monoisotopic (exact) mass is 222 g/mol. The first-order valence-electron chi connectivity index (χ1n) is 4.81. The van der Waals surface area contributed by atoms with Gasteiger partial charge >= 0.3 is 5.97 Å². The van der Waals surface area contributed by atoms with Gasteiger partial charge in [-0.1, -0.05) is 13.3 Å². The second-order valence-electron chi connectivity index (χ2n) is 4.09. The van der Waals surface area contributed by atoms with Crippen molar-refractivity contribution in [3.8, 4) is 0 Å². The van der Waals surface area contributed by atoms with Gasteiger partial charge in [-0.05, 0) is 27.2 Å². The zero-order valence-corrected chi connectivity index (χ0v) is 10.1. The molecule has 0 saturated carbocycles. The van der Waals surface area contributed by atoms with Crippen LogP contribution in [0.25, 0.3) is 0 Å². The summed E-state index contributed by atoms with van der Waals surface area (Å²) in [5, 5.41) is -0.552. The molecule has 84 valence electrons. The summed E-state index contributed by atoms with van der Waals surface area (Å²) in [6.45, 7) is 7.62. The van der Waals surface area contributed by atoms with Crippen LogP contribution in [-0.4, -0.2) is 23.7 Å². The van der Waals surface area contributed by atoms with E-state index >= 15 is 0 Å². The molecule has 0 bridgehead atoms. The van der Waals surface area contributed by atoms with Crippen LogP contribution in [0.2, 0.25) is 0 Å². The third kappa shape index (κ3) is 7.15. The summed E-state index contributed by atoms with van der Waals surface area (Å²) in [6, 6.07) is 0. The highest BCUT2D eigenvalue weighted by Gasteiger charge is 2.17. The van der Waals surface area contributed by atoms with Crippen LogP contribution in [-0.2, 0) is 14.3 Å². The van der Waals surface area contributed by atoms with Crippen LogP contribution in [0.5, 0.6) is 0 Å². The van der Waals surface area contributed by atoms with Crippen LogP contribution in [0.3, 0.4) is 0 Å². The molecule has 0 fully saturated rings. The minimum Gasteiger partial charge on any atom is -0.437 e. The van der Waals surface area contributed by atoms with Crippen molar-refractivity contribution in [1.29, 1.82) is 0 Å². The van der Waals surface area contributed by atoms with Crippen molar-refractivity contribution in [2.45, 2.75) is 51.5 Å². The summed E-state index contributed by atoms with van der Waals surface area (Å²) < 4.78 is 10.1. The average Bonchev–Trinajstić information content (AvgIpc) is 2.02. The Balaban J connectivity index is 3.64. The van der Waals surface area contributed by atoms with Crippen LogP contribution in [0, 0.1) is 0 Å². The molecular weight excluding hydrogens is 204 g/mol. The maximum atomic E-state index is 11.2. The predicted octanol–water partition coefficient (Wildman–Crippen LogP) is 2.71. The lowest BCUT2D eigenvalue weighted by atomic mass is 10.2. The fourth-order valence-corrected chi connectivity index (χ4v) is 1.01. The summed E-state index contributed by atoms with van der Waals surface area (Å²) in [6.07, 6.45) is 1.50. The van der Waals surface area contributed by atoms with Gasteiger partial charge in [0.1, 0.15) is 5.38 Å². The van der Waals surface area contributed by atoms with Crippen molar-refractivity contribution < 1.29 is 14.3 Å². The van der Waals surface area contributed by atoms with E-state index in [-0.39, 0.29) is 12.4 Å². The van der Waals surface area contributed by atoms with E-state index in [1.807, 2.05) is 27.7 Å². The number of hydrogen-bond donors (Lipinski definition) is 0. The van der Waals surface area contributed by atoms with E-state index < -0.39 is 11.3 Å². The van der Waals surface area contributed by atoms with Gasteiger partial charge in [-0.2, -0.15) is 0 Å². The minimum atomic E-state index is -0.552. The van der Waals surface area contributed by atoms with Gasteiger partial charge in [-0.15, -0.1) is 11.6 Å². The lowest BCUT2D eigenvalue weighted by Crippen LogP contribution is -2.25. The first kappa shape index (κ1) is 13.7. The summed E-state index contributed by atoms with van der Waals surface area (Å²) in [4.78, 5) is 11.2. The van der Waals surface area contributed by atoms with Crippen LogP contribution < -0.4 is 0 Å². The summed E-state index contributed by atoms with van der Waals surface area (Å²) in [5.74, 6) is -0.405. The molecule has 0 saturated heterocycles. The Bertz CT molecular complexity index is 175. The van der Waals surface area contributed by atoms with E-state index in [1.54, 1.807) is 0 Å². The summed E-state index contributed by atoms with van der Waals surface area (Å²) in [5.41, 5.74) is -0.299. The maximum Gasteiger partial charge on any atom is 0.326 e. The molecule has 0 spiro atoms. The number of hydrogen-bond acceptors (Lipinski definition) is 3. The Labute approximate surface area is 90.7 Å². The second kappa shape index (κ2) is 6.25. The standard InChI is InChI=1S/C10H19ClO3/c1-5-6-8(11)9(12)13-7-14-10(2,3)4/h8H,5-7H2,1-4H3. The SMILES string of the molecule is CCCC(Cl)C(=O)OCOC(C)(C)C. The van der Waals surface area contributed by atoms with Crippen LogP contribution in [0.1, 0.15) is 40.5 Å². The van der Waals surface area contributed by atoms with E-state index in [0.29, 0.717) is 6.42 Å². The van der Waals surface area contributed by atoms with Gasteiger partial charge in [0, 0.05) is 0 Å². The molecule has 3 nitrogen and oxygen atoms in total. The normalized spacial score (nSPS) is 13.8. The number of halogens is 1. The molecule has 0 aliphatic rings. The van der Waals surface area contributed by atoms with Gasteiger partial charge in [0.15, 0.2) is 6.79 Å². The Morgan fingerprint density at radius 1 is 1.43 bits per heavy atom. The first-order chi connectivity index (χ1) is 6.37. The lowest BCUT2D eigenvalue weighted by Gasteiger charge is -2.19. The topological polar surface area (TPSA) is 35.5 Å². The highest BCUT2D eigenvalue weighted by atomic mass is 35.5. The van der Waals surface area contributed by atoms with Crippen molar-refractivity contribution in [2.75, 3.05) is 6.79 Å². The summed E-state index contributed by atoms with van der Waals surface area (Å²) in [7, 11) is 0. The number of alkyl halides is 1. The number of ether oxygens (including phenoxy) is 2. The molecule has 1 unspecified atom stereocenters. The minimum absolute atomic E-state index is 0.0325. The molecule has 4 heteroatoms. The number of esters is 1. The zero-order valence-electron chi connectivity index (χ0n) is 9.30. The van der Waals surface area contributed by atoms with Crippen LogP contribution in [0.4, 0.5) is 0 Å². The highest BCUT2D eigenvalue weighted by Crippen LogP contribution is 2.09.